The molecule has 0 radical (unpaired) electrons. The molecule has 3 heteroatoms. The van der Waals surface area contributed by atoms with Crippen molar-refractivity contribution in [1.82, 2.24) is 4.98 Å². The van der Waals surface area contributed by atoms with Gasteiger partial charge in [0.05, 0.1) is 5.52 Å². The molecule has 14 heavy (non-hydrogen) atoms. The second-order valence-corrected chi connectivity index (χ2v) is 4.21. The number of hydrogen-bond acceptors (Lipinski definition) is 2. The number of aryl methyl sites for hydroxylation is 2. The molecule has 1 aliphatic carbocycles. The number of benzene rings is 1. The third-order valence-electron chi connectivity index (χ3n) is 2.88. The highest BCUT2D eigenvalue weighted by Gasteiger charge is 2.11. The summed E-state index contributed by atoms with van der Waals surface area (Å²) in [6.07, 6.45) is 4.97. The van der Waals surface area contributed by atoms with E-state index >= 15 is 0 Å². The second-order valence-electron chi connectivity index (χ2n) is 3.84. The summed E-state index contributed by atoms with van der Waals surface area (Å²) in [5, 5.41) is 0. The first-order valence-corrected chi connectivity index (χ1v) is 5.38. The van der Waals surface area contributed by atoms with E-state index in [2.05, 4.69) is 17.1 Å². The lowest BCUT2D eigenvalue weighted by atomic mass is 9.91. The molecule has 2 aromatic rings. The molecule has 72 valence electrons. The van der Waals surface area contributed by atoms with Crippen molar-refractivity contribution < 1.29 is 4.42 Å². The first-order chi connectivity index (χ1) is 6.83. The van der Waals surface area contributed by atoms with Gasteiger partial charge in [0.1, 0.15) is 0 Å². The number of fused-ring (bicyclic) bond motifs is 2. The van der Waals surface area contributed by atoms with Gasteiger partial charge in [-0.25, -0.2) is 0 Å². The third kappa shape index (κ3) is 1.20. The van der Waals surface area contributed by atoms with Gasteiger partial charge < -0.3 is 9.40 Å². The summed E-state index contributed by atoms with van der Waals surface area (Å²) in [6, 6.07) is 4.32. The van der Waals surface area contributed by atoms with Crippen molar-refractivity contribution in [2.45, 2.75) is 25.7 Å². The zero-order chi connectivity index (χ0) is 9.54. The predicted molar refractivity (Wildman–Crippen MR) is 58.0 cm³/mol. The fourth-order valence-corrected chi connectivity index (χ4v) is 2.38. The number of nitrogens with one attached hydrogen (secondary N) is 1. The lowest BCUT2D eigenvalue weighted by Crippen LogP contribution is -2.01. The zero-order valence-corrected chi connectivity index (χ0v) is 8.62. The molecule has 1 aliphatic rings. The number of aromatic nitrogens is 1. The van der Waals surface area contributed by atoms with Crippen molar-refractivity contribution in [3.63, 3.8) is 0 Å². The molecule has 0 unspecified atom stereocenters. The monoisotopic (exact) mass is 205 g/mol. The summed E-state index contributed by atoms with van der Waals surface area (Å²) in [6.45, 7) is 0. The van der Waals surface area contributed by atoms with Crippen LogP contribution in [0.4, 0.5) is 0 Å². The number of hydrogen-bond donors (Lipinski definition) is 1. The molecular weight excluding hydrogens is 194 g/mol. The highest BCUT2D eigenvalue weighted by Crippen LogP contribution is 2.26. The van der Waals surface area contributed by atoms with Crippen LogP contribution in [0.25, 0.3) is 11.1 Å². The molecule has 0 spiro atoms. The van der Waals surface area contributed by atoms with Gasteiger partial charge in [-0.1, -0.05) is 0 Å². The lowest BCUT2D eigenvalue weighted by Gasteiger charge is -2.14. The van der Waals surface area contributed by atoms with Crippen molar-refractivity contribution in [2.24, 2.45) is 0 Å². The van der Waals surface area contributed by atoms with Crippen LogP contribution >= 0.6 is 12.2 Å². The quantitative estimate of drug-likeness (QED) is 0.668. The van der Waals surface area contributed by atoms with Crippen LogP contribution in [0.15, 0.2) is 16.5 Å². The van der Waals surface area contributed by atoms with Crippen LogP contribution < -0.4 is 0 Å². The number of oxazole rings is 1. The van der Waals surface area contributed by atoms with E-state index in [1.807, 2.05) is 0 Å². The van der Waals surface area contributed by atoms with Crippen LogP contribution in [0.1, 0.15) is 24.0 Å². The largest absolute Gasteiger partial charge is 0.429 e. The van der Waals surface area contributed by atoms with Crippen LogP contribution in [0.3, 0.4) is 0 Å². The minimum Gasteiger partial charge on any atom is -0.429 e. The van der Waals surface area contributed by atoms with Crippen molar-refractivity contribution in [3.05, 3.63) is 28.1 Å². The fraction of sp³-hybridized carbons (Fsp3) is 0.364. The molecule has 3 rings (SSSR count). The minimum absolute atomic E-state index is 0.474. The van der Waals surface area contributed by atoms with Gasteiger partial charge in [0.15, 0.2) is 5.58 Å². The van der Waals surface area contributed by atoms with Crippen LogP contribution in [0.5, 0.6) is 0 Å². The van der Waals surface area contributed by atoms with E-state index in [1.165, 1.54) is 36.8 Å². The molecule has 0 fully saturated rings. The van der Waals surface area contributed by atoms with Crippen molar-refractivity contribution in [1.29, 1.82) is 0 Å². The standard InChI is InChI=1S/C11H11NOS/c14-11-12-9-5-7-3-1-2-4-8(7)6-10(9)13-11/h5-6H,1-4H2,(H,12,14). The van der Waals surface area contributed by atoms with Crippen LogP contribution in [0, 0.1) is 4.84 Å². The Balaban J connectivity index is 2.31. The molecular formula is C11H11NOS. The molecule has 0 aliphatic heterocycles. The summed E-state index contributed by atoms with van der Waals surface area (Å²) < 4.78 is 5.39. The molecule has 1 N–H and O–H groups in total. The fourth-order valence-electron chi connectivity index (χ4n) is 2.18. The topological polar surface area (TPSA) is 28.9 Å². The Hall–Kier alpha value is -1.09. The number of aromatic amines is 1. The summed E-state index contributed by atoms with van der Waals surface area (Å²) in [5.41, 5.74) is 4.82. The van der Waals surface area contributed by atoms with E-state index in [1.54, 1.807) is 0 Å². The third-order valence-corrected chi connectivity index (χ3v) is 3.07. The van der Waals surface area contributed by atoms with Gasteiger partial charge >= 0.3 is 0 Å². The van der Waals surface area contributed by atoms with Crippen molar-refractivity contribution in [2.75, 3.05) is 0 Å². The normalized spacial score (nSPS) is 15.7. The highest BCUT2D eigenvalue weighted by atomic mass is 32.1. The average Bonchev–Trinajstić information content (AvgIpc) is 2.53. The van der Waals surface area contributed by atoms with Gasteiger partial charge in [0.2, 0.25) is 0 Å². The molecule has 0 amide bonds. The lowest BCUT2D eigenvalue weighted by molar-refractivity contribution is 0.582. The minimum atomic E-state index is 0.474. The summed E-state index contributed by atoms with van der Waals surface area (Å²) in [5.74, 6) is 0. The predicted octanol–water partition coefficient (Wildman–Crippen LogP) is 3.37. The van der Waals surface area contributed by atoms with Gasteiger partial charge in [0, 0.05) is 0 Å². The van der Waals surface area contributed by atoms with Gasteiger partial charge in [-0.2, -0.15) is 0 Å². The maximum Gasteiger partial charge on any atom is 0.266 e. The highest BCUT2D eigenvalue weighted by molar-refractivity contribution is 7.71. The molecule has 0 saturated heterocycles. The van der Waals surface area contributed by atoms with E-state index in [0.717, 1.165) is 11.1 Å². The first kappa shape index (κ1) is 8.24. The Labute approximate surface area is 86.9 Å². The Morgan fingerprint density at radius 3 is 2.64 bits per heavy atom. The number of rotatable bonds is 0. The molecule has 0 atom stereocenters. The van der Waals surface area contributed by atoms with E-state index in [0.29, 0.717) is 4.84 Å². The molecule has 1 aromatic heterocycles. The Bertz CT molecular complexity index is 492. The van der Waals surface area contributed by atoms with Crippen LogP contribution in [-0.4, -0.2) is 4.98 Å². The first-order valence-electron chi connectivity index (χ1n) is 4.97. The summed E-state index contributed by atoms with van der Waals surface area (Å²) in [7, 11) is 0. The smallest absolute Gasteiger partial charge is 0.266 e. The molecule has 1 heterocycles. The van der Waals surface area contributed by atoms with Crippen molar-refractivity contribution >= 4 is 23.3 Å². The van der Waals surface area contributed by atoms with E-state index in [-0.39, 0.29) is 0 Å². The van der Waals surface area contributed by atoms with Gasteiger partial charge in [-0.05, 0) is 61.2 Å². The Morgan fingerprint density at radius 1 is 1.14 bits per heavy atom. The van der Waals surface area contributed by atoms with E-state index < -0.39 is 0 Å². The number of H-pyrrole nitrogens is 1. The molecule has 2 nitrogen and oxygen atoms in total. The van der Waals surface area contributed by atoms with Crippen LogP contribution in [0.2, 0.25) is 0 Å². The molecule has 0 saturated carbocycles. The second kappa shape index (κ2) is 2.95. The van der Waals surface area contributed by atoms with Gasteiger partial charge in [-0.15, -0.1) is 0 Å². The van der Waals surface area contributed by atoms with Crippen molar-refractivity contribution in [3.8, 4) is 0 Å². The van der Waals surface area contributed by atoms with E-state index in [4.69, 9.17) is 16.6 Å². The summed E-state index contributed by atoms with van der Waals surface area (Å²) in [4.78, 5) is 3.53. The zero-order valence-electron chi connectivity index (χ0n) is 7.80. The van der Waals surface area contributed by atoms with Gasteiger partial charge in [-0.3, -0.25) is 0 Å². The average molecular weight is 205 g/mol. The maximum atomic E-state index is 5.39. The molecule has 0 bridgehead atoms. The summed E-state index contributed by atoms with van der Waals surface area (Å²) >= 11 is 4.97. The van der Waals surface area contributed by atoms with Crippen LogP contribution in [-0.2, 0) is 12.8 Å². The Morgan fingerprint density at radius 2 is 1.86 bits per heavy atom. The molecule has 1 aromatic carbocycles. The Kier molecular flexibility index (Phi) is 1.74. The van der Waals surface area contributed by atoms with E-state index in [9.17, 15) is 0 Å². The van der Waals surface area contributed by atoms with Gasteiger partial charge in [0.25, 0.3) is 4.84 Å². The maximum absolute atomic E-state index is 5.39. The SMILES string of the molecule is S=c1[nH]c2cc3c(cc2o1)CCCC3.